The zero-order chi connectivity index (χ0) is 7.28. The second kappa shape index (κ2) is 4.86. The quantitative estimate of drug-likeness (QED) is 0.604. The van der Waals surface area contributed by atoms with Gasteiger partial charge in [0.1, 0.15) is 5.78 Å². The molecule has 1 unspecified atom stereocenters. The van der Waals surface area contributed by atoms with Crippen LogP contribution in [0.5, 0.6) is 0 Å². The third-order valence-corrected chi connectivity index (χ3v) is 2.27. The van der Waals surface area contributed by atoms with Crippen LogP contribution in [0.3, 0.4) is 0 Å². The average Bonchev–Trinajstić information content (AvgIpc) is 1.87. The van der Waals surface area contributed by atoms with Gasteiger partial charge >= 0.3 is 0 Å². The minimum absolute atomic E-state index is 0.199. The topological polar surface area (TPSA) is 17.1 Å². The second-order valence-electron chi connectivity index (χ2n) is 2.09. The van der Waals surface area contributed by atoms with E-state index in [0.29, 0.717) is 5.78 Å². The minimum Gasteiger partial charge on any atom is -0.298 e. The molecule has 0 aliphatic heterocycles. The SMILES string of the molecule is CCCC(=O)C(C)SC. The Kier molecular flexibility index (Phi) is 4.87. The van der Waals surface area contributed by atoms with E-state index in [4.69, 9.17) is 0 Å². The first-order valence-electron chi connectivity index (χ1n) is 3.27. The lowest BCUT2D eigenvalue weighted by Gasteiger charge is -2.03. The van der Waals surface area contributed by atoms with E-state index >= 15 is 0 Å². The molecular formula is C7H14OS. The number of thioether (sulfide) groups is 1. The van der Waals surface area contributed by atoms with Crippen molar-refractivity contribution in [3.8, 4) is 0 Å². The highest BCUT2D eigenvalue weighted by atomic mass is 32.2. The largest absolute Gasteiger partial charge is 0.298 e. The molecule has 0 aromatic carbocycles. The fraction of sp³-hybridized carbons (Fsp3) is 0.857. The van der Waals surface area contributed by atoms with Gasteiger partial charge in [-0.2, -0.15) is 11.8 Å². The Morgan fingerprint density at radius 2 is 2.22 bits per heavy atom. The van der Waals surface area contributed by atoms with Crippen LogP contribution in [-0.2, 0) is 4.79 Å². The van der Waals surface area contributed by atoms with Gasteiger partial charge in [-0.3, -0.25) is 4.79 Å². The predicted molar refractivity (Wildman–Crippen MR) is 42.9 cm³/mol. The smallest absolute Gasteiger partial charge is 0.145 e. The lowest BCUT2D eigenvalue weighted by atomic mass is 10.2. The molecule has 0 N–H and O–H groups in total. The molecule has 54 valence electrons. The first-order valence-corrected chi connectivity index (χ1v) is 4.56. The van der Waals surface area contributed by atoms with E-state index in [0.717, 1.165) is 12.8 Å². The Morgan fingerprint density at radius 3 is 2.56 bits per heavy atom. The molecule has 0 saturated carbocycles. The fourth-order valence-corrected chi connectivity index (χ4v) is 0.962. The third-order valence-electron chi connectivity index (χ3n) is 1.30. The Labute approximate surface area is 61.2 Å². The molecule has 1 nitrogen and oxygen atoms in total. The number of rotatable bonds is 4. The van der Waals surface area contributed by atoms with Gasteiger partial charge in [-0.25, -0.2) is 0 Å². The molecule has 0 radical (unpaired) electrons. The predicted octanol–water partition coefficient (Wildman–Crippen LogP) is 2.11. The van der Waals surface area contributed by atoms with Crippen LogP contribution in [0.25, 0.3) is 0 Å². The Balaban J connectivity index is 3.46. The summed E-state index contributed by atoms with van der Waals surface area (Å²) in [6.07, 6.45) is 3.68. The minimum atomic E-state index is 0.199. The van der Waals surface area contributed by atoms with E-state index in [-0.39, 0.29) is 5.25 Å². The molecule has 0 heterocycles. The summed E-state index contributed by atoms with van der Waals surface area (Å²) in [4.78, 5) is 11.0. The highest BCUT2D eigenvalue weighted by molar-refractivity contribution is 7.99. The summed E-state index contributed by atoms with van der Waals surface area (Å²) in [5.41, 5.74) is 0. The van der Waals surface area contributed by atoms with E-state index in [2.05, 4.69) is 0 Å². The molecule has 0 bridgehead atoms. The third kappa shape index (κ3) is 3.57. The Morgan fingerprint density at radius 1 is 1.67 bits per heavy atom. The van der Waals surface area contributed by atoms with Gasteiger partial charge < -0.3 is 0 Å². The van der Waals surface area contributed by atoms with Gasteiger partial charge in [-0.05, 0) is 19.6 Å². The van der Waals surface area contributed by atoms with Crippen LogP contribution in [-0.4, -0.2) is 17.3 Å². The van der Waals surface area contributed by atoms with E-state index in [9.17, 15) is 4.79 Å². The number of Topliss-reactive ketones (excluding diaryl/α,β-unsaturated/α-hetero) is 1. The van der Waals surface area contributed by atoms with Gasteiger partial charge in [0.2, 0.25) is 0 Å². The normalized spacial score (nSPS) is 13.2. The number of ketones is 1. The molecule has 1 atom stereocenters. The van der Waals surface area contributed by atoms with Crippen LogP contribution in [0.15, 0.2) is 0 Å². The van der Waals surface area contributed by atoms with Crippen LogP contribution in [0.4, 0.5) is 0 Å². The van der Waals surface area contributed by atoms with E-state index in [1.54, 1.807) is 11.8 Å². The maximum Gasteiger partial charge on any atom is 0.145 e. The van der Waals surface area contributed by atoms with Crippen LogP contribution in [0.1, 0.15) is 26.7 Å². The number of carbonyl (C=O) groups excluding carboxylic acids is 1. The van der Waals surface area contributed by atoms with E-state index in [1.165, 1.54) is 0 Å². The van der Waals surface area contributed by atoms with Crippen molar-refractivity contribution >= 4 is 17.5 Å². The molecule has 0 aromatic rings. The van der Waals surface area contributed by atoms with Gasteiger partial charge in [0.05, 0.1) is 5.25 Å². The second-order valence-corrected chi connectivity index (χ2v) is 3.27. The molecule has 9 heavy (non-hydrogen) atoms. The molecule has 0 saturated heterocycles. The van der Waals surface area contributed by atoms with Gasteiger partial charge in [0, 0.05) is 6.42 Å². The summed E-state index contributed by atoms with van der Waals surface area (Å²) in [5.74, 6) is 0.380. The van der Waals surface area contributed by atoms with Crippen LogP contribution in [0.2, 0.25) is 0 Å². The lowest BCUT2D eigenvalue weighted by molar-refractivity contribution is -0.118. The molecule has 0 aliphatic carbocycles. The zero-order valence-corrected chi connectivity index (χ0v) is 7.12. The van der Waals surface area contributed by atoms with Crippen LogP contribution < -0.4 is 0 Å². The summed E-state index contributed by atoms with van der Waals surface area (Å²) in [7, 11) is 0. The molecule has 0 amide bonds. The lowest BCUT2D eigenvalue weighted by Crippen LogP contribution is -2.11. The standard InChI is InChI=1S/C7H14OS/c1-4-5-7(8)6(2)9-3/h6H,4-5H2,1-3H3. The first kappa shape index (κ1) is 9.02. The maximum atomic E-state index is 11.0. The molecule has 0 rings (SSSR count). The van der Waals surface area contributed by atoms with Crippen LogP contribution in [0, 0.1) is 0 Å². The van der Waals surface area contributed by atoms with Crippen molar-refractivity contribution in [1.82, 2.24) is 0 Å². The van der Waals surface area contributed by atoms with Crippen molar-refractivity contribution in [3.05, 3.63) is 0 Å². The fourth-order valence-electron chi connectivity index (χ4n) is 0.581. The summed E-state index contributed by atoms with van der Waals surface area (Å²) in [6.45, 7) is 3.99. The van der Waals surface area contributed by atoms with Gasteiger partial charge in [0.25, 0.3) is 0 Å². The van der Waals surface area contributed by atoms with Crippen LogP contribution >= 0.6 is 11.8 Å². The molecular weight excluding hydrogens is 132 g/mol. The van der Waals surface area contributed by atoms with Gasteiger partial charge in [-0.1, -0.05) is 6.92 Å². The van der Waals surface area contributed by atoms with Crippen molar-refractivity contribution in [2.24, 2.45) is 0 Å². The molecule has 2 heteroatoms. The maximum absolute atomic E-state index is 11.0. The zero-order valence-electron chi connectivity index (χ0n) is 6.31. The number of hydrogen-bond acceptors (Lipinski definition) is 2. The summed E-state index contributed by atoms with van der Waals surface area (Å²) in [6, 6.07) is 0. The monoisotopic (exact) mass is 146 g/mol. The van der Waals surface area contributed by atoms with Crippen molar-refractivity contribution in [3.63, 3.8) is 0 Å². The highest BCUT2D eigenvalue weighted by Gasteiger charge is 2.08. The molecule has 0 spiro atoms. The first-order chi connectivity index (χ1) is 4.22. The van der Waals surface area contributed by atoms with E-state index in [1.807, 2.05) is 20.1 Å². The van der Waals surface area contributed by atoms with Gasteiger partial charge in [0.15, 0.2) is 0 Å². The average molecular weight is 146 g/mol. The highest BCUT2D eigenvalue weighted by Crippen LogP contribution is 2.08. The summed E-state index contributed by atoms with van der Waals surface area (Å²) in [5, 5.41) is 0.199. The number of carbonyl (C=O) groups is 1. The van der Waals surface area contributed by atoms with Crippen molar-refractivity contribution < 1.29 is 4.79 Å². The molecule has 0 aromatic heterocycles. The van der Waals surface area contributed by atoms with Crippen molar-refractivity contribution in [2.45, 2.75) is 31.9 Å². The molecule has 0 aliphatic rings. The molecule has 0 fully saturated rings. The number of hydrogen-bond donors (Lipinski definition) is 0. The van der Waals surface area contributed by atoms with Crippen molar-refractivity contribution in [1.29, 1.82) is 0 Å². The summed E-state index contributed by atoms with van der Waals surface area (Å²) < 4.78 is 0. The Bertz CT molecular complexity index is 90.9. The summed E-state index contributed by atoms with van der Waals surface area (Å²) >= 11 is 1.62. The Hall–Kier alpha value is 0.0200. The van der Waals surface area contributed by atoms with E-state index < -0.39 is 0 Å². The van der Waals surface area contributed by atoms with Gasteiger partial charge in [-0.15, -0.1) is 0 Å². The van der Waals surface area contributed by atoms with Crippen molar-refractivity contribution in [2.75, 3.05) is 6.26 Å².